The molecule has 33 heavy (non-hydrogen) atoms. The van der Waals surface area contributed by atoms with E-state index in [4.69, 9.17) is 23.2 Å². The molecule has 1 saturated heterocycles. The van der Waals surface area contributed by atoms with Crippen molar-refractivity contribution < 1.29 is 9.59 Å². The summed E-state index contributed by atoms with van der Waals surface area (Å²) in [6.07, 6.45) is 0.785. The average Bonchev–Trinajstić information content (AvgIpc) is 2.82. The van der Waals surface area contributed by atoms with E-state index >= 15 is 0 Å². The molecule has 2 amide bonds. The third kappa shape index (κ3) is 6.38. The Balaban J connectivity index is 1.54. The van der Waals surface area contributed by atoms with Crippen molar-refractivity contribution in [3.05, 3.63) is 94.5 Å². The van der Waals surface area contributed by atoms with Gasteiger partial charge in [-0.3, -0.25) is 14.5 Å². The Bertz CT molecular complexity index is 1150. The Morgan fingerprint density at radius 2 is 1.61 bits per heavy atom. The van der Waals surface area contributed by atoms with Crippen LogP contribution in [0.15, 0.2) is 83.9 Å². The van der Waals surface area contributed by atoms with E-state index in [1.54, 1.807) is 53.4 Å². The molecule has 1 unspecified atom stereocenters. The highest BCUT2D eigenvalue weighted by Crippen LogP contribution is 2.30. The fraction of sp³-hybridized carbons (Fsp3) is 0.160. The predicted molar refractivity (Wildman–Crippen MR) is 136 cm³/mol. The largest absolute Gasteiger partial charge is 0.325 e. The Kier molecular flexibility index (Phi) is 7.70. The molecule has 3 aromatic rings. The summed E-state index contributed by atoms with van der Waals surface area (Å²) in [5, 5.41) is 3.96. The van der Waals surface area contributed by atoms with Crippen LogP contribution in [0.5, 0.6) is 0 Å². The van der Waals surface area contributed by atoms with E-state index in [-0.39, 0.29) is 18.2 Å². The van der Waals surface area contributed by atoms with Crippen molar-refractivity contribution in [1.82, 2.24) is 4.90 Å². The first-order valence-electron chi connectivity index (χ1n) is 10.4. The van der Waals surface area contributed by atoms with Gasteiger partial charge in [0.2, 0.25) is 11.8 Å². The third-order valence-corrected chi connectivity index (χ3v) is 6.75. The van der Waals surface area contributed by atoms with Crippen LogP contribution in [0.4, 0.5) is 11.4 Å². The molecule has 5 nitrogen and oxygen atoms in total. The minimum Gasteiger partial charge on any atom is -0.325 e. The zero-order valence-corrected chi connectivity index (χ0v) is 19.9. The molecular formula is C25H21Cl2N3O2S. The number of hydrogen-bond donors (Lipinski definition) is 1. The van der Waals surface area contributed by atoms with Gasteiger partial charge >= 0.3 is 0 Å². The number of anilines is 1. The summed E-state index contributed by atoms with van der Waals surface area (Å²) >= 11 is 13.2. The Hall–Kier alpha value is -2.80. The summed E-state index contributed by atoms with van der Waals surface area (Å²) in [7, 11) is 0. The van der Waals surface area contributed by atoms with Gasteiger partial charge in [0.25, 0.3) is 0 Å². The van der Waals surface area contributed by atoms with Crippen molar-refractivity contribution in [3.8, 4) is 0 Å². The van der Waals surface area contributed by atoms with Crippen molar-refractivity contribution in [1.29, 1.82) is 0 Å². The molecular weight excluding hydrogens is 477 g/mol. The van der Waals surface area contributed by atoms with E-state index < -0.39 is 5.25 Å². The monoisotopic (exact) mass is 497 g/mol. The predicted octanol–water partition coefficient (Wildman–Crippen LogP) is 6.20. The maximum absolute atomic E-state index is 13.1. The number of nitrogens with one attached hydrogen (secondary N) is 1. The van der Waals surface area contributed by atoms with Crippen LogP contribution in [0.1, 0.15) is 12.0 Å². The van der Waals surface area contributed by atoms with Gasteiger partial charge in [0.1, 0.15) is 5.25 Å². The smallest absolute Gasteiger partial charge is 0.238 e. The minimum absolute atomic E-state index is 0.0958. The highest BCUT2D eigenvalue weighted by atomic mass is 35.5. The molecule has 3 aromatic carbocycles. The van der Waals surface area contributed by atoms with Gasteiger partial charge < -0.3 is 5.32 Å². The van der Waals surface area contributed by atoms with Crippen molar-refractivity contribution >= 4 is 63.3 Å². The molecule has 0 bridgehead atoms. The van der Waals surface area contributed by atoms with E-state index in [9.17, 15) is 9.59 Å². The molecule has 8 heteroatoms. The second-order valence-corrected chi connectivity index (χ2v) is 9.50. The van der Waals surface area contributed by atoms with Crippen LogP contribution in [0.2, 0.25) is 10.0 Å². The van der Waals surface area contributed by atoms with Gasteiger partial charge in [-0.25, -0.2) is 4.99 Å². The number of rotatable bonds is 6. The number of aliphatic imine (C=N–C) groups is 1. The molecule has 1 aliphatic rings. The molecule has 4 rings (SSSR count). The Morgan fingerprint density at radius 1 is 0.970 bits per heavy atom. The molecule has 0 saturated carbocycles. The number of hydrogen-bond acceptors (Lipinski definition) is 4. The molecule has 168 valence electrons. The molecule has 1 aliphatic heterocycles. The van der Waals surface area contributed by atoms with Gasteiger partial charge in [0, 0.05) is 28.7 Å². The maximum atomic E-state index is 13.1. The number of amides is 2. The molecule has 0 spiro atoms. The standard InChI is InChI=1S/C25H21Cl2N3O2S/c26-18-6-10-20(11-7-18)28-24(32)22-16-23(31)30(15-14-17-4-2-1-3-5-17)25(33-22)29-21-12-8-19(27)9-13-21/h1-13,22H,14-16H2,(H,28,32). The quantitative estimate of drug-likeness (QED) is 0.441. The van der Waals surface area contributed by atoms with Crippen molar-refractivity contribution in [3.63, 3.8) is 0 Å². The number of carbonyl (C=O) groups is 2. The fourth-order valence-corrected chi connectivity index (χ4v) is 4.71. The van der Waals surface area contributed by atoms with Crippen molar-refractivity contribution in [2.45, 2.75) is 18.1 Å². The molecule has 0 radical (unpaired) electrons. The lowest BCUT2D eigenvalue weighted by atomic mass is 10.1. The van der Waals surface area contributed by atoms with Crippen molar-refractivity contribution in [2.75, 3.05) is 11.9 Å². The molecule has 1 N–H and O–H groups in total. The molecule has 1 fully saturated rings. The van der Waals surface area contributed by atoms with E-state index in [0.717, 1.165) is 5.56 Å². The molecule has 0 aromatic heterocycles. The van der Waals surface area contributed by atoms with E-state index in [2.05, 4.69) is 10.3 Å². The van der Waals surface area contributed by atoms with E-state index in [1.165, 1.54) is 11.8 Å². The van der Waals surface area contributed by atoms with Crippen molar-refractivity contribution in [2.24, 2.45) is 4.99 Å². The normalized spacial score (nSPS) is 17.3. The van der Waals surface area contributed by atoms with Gasteiger partial charge in [-0.2, -0.15) is 0 Å². The molecule has 0 aliphatic carbocycles. The summed E-state index contributed by atoms with van der Waals surface area (Å²) in [6, 6.07) is 23.9. The summed E-state index contributed by atoms with van der Waals surface area (Å²) in [5.74, 6) is -0.379. The zero-order valence-electron chi connectivity index (χ0n) is 17.6. The van der Waals surface area contributed by atoms with Crippen LogP contribution in [-0.2, 0) is 16.0 Å². The molecule has 1 heterocycles. The highest BCUT2D eigenvalue weighted by Gasteiger charge is 2.35. The van der Waals surface area contributed by atoms with E-state index in [0.29, 0.717) is 39.6 Å². The summed E-state index contributed by atoms with van der Waals surface area (Å²) in [6.45, 7) is 0.480. The van der Waals surface area contributed by atoms with Gasteiger partial charge in [-0.15, -0.1) is 0 Å². The van der Waals surface area contributed by atoms with Crippen LogP contribution < -0.4 is 5.32 Å². The SMILES string of the molecule is O=C(Nc1ccc(Cl)cc1)C1CC(=O)N(CCc2ccccc2)C(=Nc2ccc(Cl)cc2)S1. The lowest BCUT2D eigenvalue weighted by Crippen LogP contribution is -2.46. The summed E-state index contributed by atoms with van der Waals surface area (Å²) in [5.41, 5.74) is 2.42. The zero-order chi connectivity index (χ0) is 23.2. The minimum atomic E-state index is -0.591. The van der Waals surface area contributed by atoms with Gasteiger partial charge in [0.15, 0.2) is 5.17 Å². The molecule has 1 atom stereocenters. The Morgan fingerprint density at radius 3 is 2.27 bits per heavy atom. The summed E-state index contributed by atoms with van der Waals surface area (Å²) in [4.78, 5) is 32.4. The number of amidine groups is 1. The topological polar surface area (TPSA) is 61.8 Å². The van der Waals surface area contributed by atoms with Crippen LogP contribution in [-0.4, -0.2) is 33.7 Å². The lowest BCUT2D eigenvalue weighted by molar-refractivity contribution is -0.129. The number of nitrogens with zero attached hydrogens (tertiary/aromatic N) is 2. The van der Waals surface area contributed by atoms with Crippen LogP contribution in [0, 0.1) is 0 Å². The third-order valence-electron chi connectivity index (χ3n) is 5.06. The second kappa shape index (κ2) is 10.9. The summed E-state index contributed by atoms with van der Waals surface area (Å²) < 4.78 is 0. The van der Waals surface area contributed by atoms with Crippen LogP contribution in [0.3, 0.4) is 0 Å². The number of benzene rings is 3. The first-order valence-corrected chi connectivity index (χ1v) is 12.0. The fourth-order valence-electron chi connectivity index (χ4n) is 3.33. The van der Waals surface area contributed by atoms with Gasteiger partial charge in [-0.05, 0) is 60.5 Å². The highest BCUT2D eigenvalue weighted by molar-refractivity contribution is 8.15. The Labute approximate surface area is 206 Å². The van der Waals surface area contributed by atoms with Gasteiger partial charge in [-0.1, -0.05) is 65.3 Å². The average molecular weight is 498 g/mol. The first-order chi connectivity index (χ1) is 16.0. The van der Waals surface area contributed by atoms with E-state index in [1.807, 2.05) is 30.3 Å². The van der Waals surface area contributed by atoms with Gasteiger partial charge in [0.05, 0.1) is 5.69 Å². The number of thioether (sulfide) groups is 1. The number of halogens is 2. The second-order valence-electron chi connectivity index (χ2n) is 7.46. The van der Waals surface area contributed by atoms with Crippen LogP contribution in [0.25, 0.3) is 0 Å². The maximum Gasteiger partial charge on any atom is 0.238 e. The van der Waals surface area contributed by atoms with Crippen LogP contribution >= 0.6 is 35.0 Å². The first kappa shape index (κ1) is 23.4. The lowest BCUT2D eigenvalue weighted by Gasteiger charge is -2.32. The number of carbonyl (C=O) groups excluding carboxylic acids is 2.